The fraction of sp³-hybridized carbons (Fsp3) is 0.538. The fourth-order valence-corrected chi connectivity index (χ4v) is 2.07. The predicted molar refractivity (Wildman–Crippen MR) is 59.1 cm³/mol. The summed E-state index contributed by atoms with van der Waals surface area (Å²) >= 11 is 0. The lowest BCUT2D eigenvalue weighted by molar-refractivity contribution is 0.656. The number of rotatable bonds is 1. The number of hydrogen-bond acceptors (Lipinski definition) is 0. The Hall–Kier alpha value is -0.780. The molecule has 1 aromatic carbocycles. The molecule has 1 unspecified atom stereocenters. The van der Waals surface area contributed by atoms with Gasteiger partial charge in [-0.2, -0.15) is 0 Å². The van der Waals surface area contributed by atoms with Crippen molar-refractivity contribution in [3.63, 3.8) is 0 Å². The molecule has 0 heterocycles. The summed E-state index contributed by atoms with van der Waals surface area (Å²) in [7, 11) is 0. The van der Waals surface area contributed by atoms with Crippen molar-refractivity contribution in [2.24, 2.45) is 0 Å². The van der Waals surface area contributed by atoms with Crippen LogP contribution < -0.4 is 0 Å². The Morgan fingerprint density at radius 1 is 1.23 bits per heavy atom. The zero-order valence-corrected chi connectivity index (χ0v) is 9.01. The largest absolute Gasteiger partial charge is 0.0683 e. The number of benzene rings is 1. The van der Waals surface area contributed by atoms with Crippen LogP contribution in [0.25, 0.3) is 0 Å². The lowest BCUT2D eigenvalue weighted by atomic mass is 9.99. The molecule has 1 aliphatic carbocycles. The molecule has 0 N–H and O–H groups in total. The normalized spacial score (nSPS) is 18.8. The topological polar surface area (TPSA) is 0 Å². The Balaban J connectivity index is 0.000000396. The first-order chi connectivity index (χ1) is 6.42. The molecule has 0 saturated carbocycles. The van der Waals surface area contributed by atoms with Gasteiger partial charge in [-0.05, 0) is 36.3 Å². The van der Waals surface area contributed by atoms with E-state index in [0.717, 1.165) is 5.92 Å². The van der Waals surface area contributed by atoms with Crippen molar-refractivity contribution in [1.29, 1.82) is 0 Å². The van der Waals surface area contributed by atoms with Crippen LogP contribution in [0.1, 0.15) is 50.7 Å². The molecule has 0 saturated heterocycles. The van der Waals surface area contributed by atoms with E-state index in [1.807, 2.05) is 13.8 Å². The molecule has 0 aromatic heterocycles. The summed E-state index contributed by atoms with van der Waals surface area (Å²) in [5, 5.41) is 0. The van der Waals surface area contributed by atoms with Gasteiger partial charge in [0.1, 0.15) is 0 Å². The Kier molecular flexibility index (Phi) is 4.01. The minimum absolute atomic E-state index is 0.853. The highest BCUT2D eigenvalue weighted by atomic mass is 14.2. The average Bonchev–Trinajstić information content (AvgIpc) is 2.64. The molecule has 1 aliphatic rings. The molecule has 0 amide bonds. The zero-order valence-electron chi connectivity index (χ0n) is 9.01. The van der Waals surface area contributed by atoms with Gasteiger partial charge in [-0.1, -0.05) is 45.0 Å². The van der Waals surface area contributed by atoms with E-state index in [9.17, 15) is 0 Å². The molecular weight excluding hydrogens is 156 g/mol. The highest BCUT2D eigenvalue weighted by molar-refractivity contribution is 5.34. The lowest BCUT2D eigenvalue weighted by Crippen LogP contribution is -1.88. The van der Waals surface area contributed by atoms with Gasteiger partial charge in [-0.25, -0.2) is 0 Å². The van der Waals surface area contributed by atoms with E-state index in [0.29, 0.717) is 0 Å². The van der Waals surface area contributed by atoms with Crippen molar-refractivity contribution in [2.75, 3.05) is 0 Å². The van der Waals surface area contributed by atoms with Gasteiger partial charge >= 0.3 is 0 Å². The lowest BCUT2D eigenvalue weighted by Gasteiger charge is -2.06. The van der Waals surface area contributed by atoms with Crippen LogP contribution in [0.2, 0.25) is 0 Å². The van der Waals surface area contributed by atoms with Crippen molar-refractivity contribution in [3.05, 3.63) is 35.4 Å². The van der Waals surface area contributed by atoms with Crippen LogP contribution in [0.5, 0.6) is 0 Å². The van der Waals surface area contributed by atoms with Crippen LogP contribution in [0.15, 0.2) is 24.3 Å². The molecule has 0 heteroatoms. The Morgan fingerprint density at radius 2 is 1.92 bits per heavy atom. The molecule has 1 aromatic rings. The average molecular weight is 176 g/mol. The molecule has 2 rings (SSSR count). The second-order valence-electron chi connectivity index (χ2n) is 3.34. The summed E-state index contributed by atoms with van der Waals surface area (Å²) in [5.41, 5.74) is 3.19. The van der Waals surface area contributed by atoms with Gasteiger partial charge in [0.2, 0.25) is 0 Å². The first-order valence-corrected chi connectivity index (χ1v) is 5.49. The molecular formula is C13H20. The van der Waals surface area contributed by atoms with Gasteiger partial charge in [-0.15, -0.1) is 0 Å². The van der Waals surface area contributed by atoms with E-state index < -0.39 is 0 Å². The first kappa shape index (κ1) is 10.3. The highest BCUT2D eigenvalue weighted by Gasteiger charge is 2.19. The third-order valence-electron chi connectivity index (χ3n) is 2.75. The van der Waals surface area contributed by atoms with Crippen LogP contribution in [0, 0.1) is 0 Å². The van der Waals surface area contributed by atoms with Crippen molar-refractivity contribution < 1.29 is 0 Å². The van der Waals surface area contributed by atoms with Gasteiger partial charge in [0.05, 0.1) is 0 Å². The SMILES string of the molecule is CC.CCC1CCc2ccccc21. The summed E-state index contributed by atoms with van der Waals surface area (Å²) in [4.78, 5) is 0. The summed E-state index contributed by atoms with van der Waals surface area (Å²) in [6, 6.07) is 8.87. The highest BCUT2D eigenvalue weighted by Crippen LogP contribution is 2.34. The van der Waals surface area contributed by atoms with E-state index in [2.05, 4.69) is 31.2 Å². The molecule has 0 nitrogen and oxygen atoms in total. The quantitative estimate of drug-likeness (QED) is 0.603. The second-order valence-corrected chi connectivity index (χ2v) is 3.34. The smallest absolute Gasteiger partial charge is 0.0159 e. The summed E-state index contributed by atoms with van der Waals surface area (Å²) in [6.45, 7) is 6.28. The molecule has 0 fully saturated rings. The van der Waals surface area contributed by atoms with Gasteiger partial charge < -0.3 is 0 Å². The Labute approximate surface area is 82.0 Å². The molecule has 72 valence electrons. The van der Waals surface area contributed by atoms with Gasteiger partial charge in [0, 0.05) is 0 Å². The number of aryl methyl sites for hydroxylation is 1. The minimum atomic E-state index is 0.853. The van der Waals surface area contributed by atoms with E-state index >= 15 is 0 Å². The molecule has 0 aliphatic heterocycles. The number of hydrogen-bond donors (Lipinski definition) is 0. The van der Waals surface area contributed by atoms with Crippen molar-refractivity contribution in [2.45, 2.75) is 46.0 Å². The molecule has 0 radical (unpaired) electrons. The fourth-order valence-electron chi connectivity index (χ4n) is 2.07. The van der Waals surface area contributed by atoms with Crippen LogP contribution >= 0.6 is 0 Å². The number of fused-ring (bicyclic) bond motifs is 1. The Bertz CT molecular complexity index is 250. The second kappa shape index (κ2) is 5.06. The first-order valence-electron chi connectivity index (χ1n) is 5.49. The van der Waals surface area contributed by atoms with E-state index in [-0.39, 0.29) is 0 Å². The maximum atomic E-state index is 2.29. The van der Waals surface area contributed by atoms with Crippen LogP contribution in [0.4, 0.5) is 0 Å². The van der Waals surface area contributed by atoms with Crippen LogP contribution in [-0.4, -0.2) is 0 Å². The Morgan fingerprint density at radius 3 is 2.62 bits per heavy atom. The summed E-state index contributed by atoms with van der Waals surface area (Å²) in [5.74, 6) is 0.853. The predicted octanol–water partition coefficient (Wildman–Crippen LogP) is 4.15. The van der Waals surface area contributed by atoms with Gasteiger partial charge in [0.15, 0.2) is 0 Å². The minimum Gasteiger partial charge on any atom is -0.0683 e. The van der Waals surface area contributed by atoms with Gasteiger partial charge in [0.25, 0.3) is 0 Å². The maximum Gasteiger partial charge on any atom is -0.0159 e. The van der Waals surface area contributed by atoms with E-state index in [1.54, 1.807) is 11.1 Å². The summed E-state index contributed by atoms with van der Waals surface area (Å²) in [6.07, 6.45) is 3.97. The zero-order chi connectivity index (χ0) is 9.68. The molecule has 1 atom stereocenters. The molecule has 0 bridgehead atoms. The molecule has 13 heavy (non-hydrogen) atoms. The van der Waals surface area contributed by atoms with Crippen molar-refractivity contribution >= 4 is 0 Å². The van der Waals surface area contributed by atoms with Crippen molar-refractivity contribution in [3.8, 4) is 0 Å². The van der Waals surface area contributed by atoms with E-state index in [4.69, 9.17) is 0 Å². The maximum absolute atomic E-state index is 2.29. The third kappa shape index (κ3) is 2.12. The third-order valence-corrected chi connectivity index (χ3v) is 2.75. The van der Waals surface area contributed by atoms with Crippen molar-refractivity contribution in [1.82, 2.24) is 0 Å². The summed E-state index contributed by atoms with van der Waals surface area (Å²) < 4.78 is 0. The van der Waals surface area contributed by atoms with Crippen LogP contribution in [-0.2, 0) is 6.42 Å². The standard InChI is InChI=1S/C11H14.C2H6/c1-2-9-7-8-10-5-3-4-6-11(9)10;1-2/h3-6,9H,2,7-8H2,1H3;1-2H3. The van der Waals surface area contributed by atoms with Gasteiger partial charge in [-0.3, -0.25) is 0 Å². The van der Waals surface area contributed by atoms with Crippen LogP contribution in [0.3, 0.4) is 0 Å². The van der Waals surface area contributed by atoms with E-state index in [1.165, 1.54) is 19.3 Å². The molecule has 0 spiro atoms. The monoisotopic (exact) mass is 176 g/mol.